The highest BCUT2D eigenvalue weighted by Crippen LogP contribution is 2.32. The second kappa shape index (κ2) is 11.4. The van der Waals surface area contributed by atoms with Crippen molar-refractivity contribution >= 4 is 21.8 Å². The zero-order chi connectivity index (χ0) is 23.9. The molecular formula is C26H29N3O4S. The fraction of sp³-hybridized carbons (Fsp3) is 0.308. The number of pyridine rings is 1. The van der Waals surface area contributed by atoms with Gasteiger partial charge in [-0.2, -0.15) is 0 Å². The first-order chi connectivity index (χ1) is 16.6. The third-order valence-electron chi connectivity index (χ3n) is 5.50. The highest BCUT2D eigenvalue weighted by molar-refractivity contribution is 7.84. The van der Waals surface area contributed by atoms with Gasteiger partial charge < -0.3 is 14.2 Å². The van der Waals surface area contributed by atoms with Crippen molar-refractivity contribution < 1.29 is 18.4 Å². The van der Waals surface area contributed by atoms with Crippen molar-refractivity contribution in [2.24, 2.45) is 0 Å². The first kappa shape index (κ1) is 24.1. The number of rotatable bonds is 11. The molecule has 0 bridgehead atoms. The van der Waals surface area contributed by atoms with Crippen molar-refractivity contribution in [2.45, 2.75) is 31.6 Å². The minimum absolute atomic E-state index is 0.278. The van der Waals surface area contributed by atoms with Crippen LogP contribution in [0.4, 0.5) is 0 Å². The van der Waals surface area contributed by atoms with Gasteiger partial charge in [-0.25, -0.2) is 4.98 Å². The Kier molecular flexibility index (Phi) is 8.05. The Labute approximate surface area is 202 Å². The van der Waals surface area contributed by atoms with Crippen LogP contribution in [0, 0.1) is 6.92 Å². The Morgan fingerprint density at radius 2 is 1.85 bits per heavy atom. The van der Waals surface area contributed by atoms with Crippen molar-refractivity contribution in [1.82, 2.24) is 14.5 Å². The maximum absolute atomic E-state index is 12.4. The van der Waals surface area contributed by atoms with Crippen LogP contribution in [-0.4, -0.2) is 45.3 Å². The summed E-state index contributed by atoms with van der Waals surface area (Å²) in [4.78, 5) is 10.2. The van der Waals surface area contributed by atoms with E-state index in [0.29, 0.717) is 41.8 Å². The van der Waals surface area contributed by atoms with E-state index in [-0.39, 0.29) is 6.73 Å². The molecule has 0 N–H and O–H groups in total. The summed E-state index contributed by atoms with van der Waals surface area (Å²) in [6, 6.07) is 17.6. The zero-order valence-corrected chi connectivity index (χ0v) is 20.5. The number of hydrogen-bond acceptors (Lipinski definition) is 6. The molecule has 4 aromatic rings. The highest BCUT2D eigenvalue weighted by atomic mass is 32.2. The van der Waals surface area contributed by atoms with Crippen LogP contribution in [0.5, 0.6) is 5.75 Å². The minimum Gasteiger partial charge on any atom is -0.493 e. The zero-order valence-electron chi connectivity index (χ0n) is 19.7. The molecule has 0 spiro atoms. The van der Waals surface area contributed by atoms with E-state index in [2.05, 4.69) is 4.98 Å². The van der Waals surface area contributed by atoms with Gasteiger partial charge in [0.1, 0.15) is 23.7 Å². The van der Waals surface area contributed by atoms with Crippen LogP contribution in [0.15, 0.2) is 65.7 Å². The standard InChI is InChI=1S/C26H29N3O4S/c1-19-22(33-16-8-15-31-2)13-14-27-24(19)26-28-25-21(11-7-12-23(25)34(3)30)29(26)18-32-17-20-9-5-4-6-10-20/h4-7,9-14H,8,15-18H2,1-3H3. The summed E-state index contributed by atoms with van der Waals surface area (Å²) in [5.41, 5.74) is 4.22. The predicted octanol–water partition coefficient (Wildman–Crippen LogP) is 4.73. The van der Waals surface area contributed by atoms with E-state index in [9.17, 15) is 4.21 Å². The van der Waals surface area contributed by atoms with Crippen LogP contribution in [0.3, 0.4) is 0 Å². The summed E-state index contributed by atoms with van der Waals surface area (Å²) in [5, 5.41) is 0. The minimum atomic E-state index is -1.18. The van der Waals surface area contributed by atoms with Gasteiger partial charge in [0.25, 0.3) is 0 Å². The van der Waals surface area contributed by atoms with Gasteiger partial charge >= 0.3 is 0 Å². The number of ether oxygens (including phenoxy) is 3. The molecule has 2 aromatic heterocycles. The summed E-state index contributed by atoms with van der Waals surface area (Å²) >= 11 is 0. The number of benzene rings is 2. The number of methoxy groups -OCH3 is 1. The second-order valence-electron chi connectivity index (χ2n) is 7.88. The molecule has 178 valence electrons. The van der Waals surface area contributed by atoms with Gasteiger partial charge in [-0.1, -0.05) is 36.4 Å². The molecule has 1 atom stereocenters. The van der Waals surface area contributed by atoms with Crippen LogP contribution in [0.2, 0.25) is 0 Å². The van der Waals surface area contributed by atoms with Crippen molar-refractivity contribution in [1.29, 1.82) is 0 Å². The number of para-hydroxylation sites is 1. The van der Waals surface area contributed by atoms with Crippen molar-refractivity contribution in [3.05, 3.63) is 71.9 Å². The molecule has 0 aliphatic heterocycles. The summed E-state index contributed by atoms with van der Waals surface area (Å²) in [6.45, 7) is 3.91. The SMILES string of the molecule is COCCCOc1ccnc(-c2nc3c(S(C)=O)cccc3n2COCc2ccccc2)c1C. The molecular weight excluding hydrogens is 450 g/mol. The summed E-state index contributed by atoms with van der Waals surface area (Å²) < 4.78 is 31.5. The van der Waals surface area contributed by atoms with Gasteiger partial charge in [0.2, 0.25) is 0 Å². The lowest BCUT2D eigenvalue weighted by atomic mass is 10.2. The third-order valence-corrected chi connectivity index (χ3v) is 6.45. The average Bonchev–Trinajstić information content (AvgIpc) is 3.21. The van der Waals surface area contributed by atoms with E-state index in [1.807, 2.05) is 66.1 Å². The molecule has 0 aliphatic rings. The lowest BCUT2D eigenvalue weighted by Crippen LogP contribution is -2.07. The van der Waals surface area contributed by atoms with E-state index >= 15 is 0 Å². The van der Waals surface area contributed by atoms with Crippen LogP contribution >= 0.6 is 0 Å². The Bertz CT molecular complexity index is 1270. The molecule has 0 fully saturated rings. The Hall–Kier alpha value is -3.07. The maximum atomic E-state index is 12.4. The third kappa shape index (κ3) is 5.35. The van der Waals surface area contributed by atoms with Crippen molar-refractivity contribution in [2.75, 3.05) is 26.6 Å². The van der Waals surface area contributed by atoms with E-state index in [0.717, 1.165) is 28.8 Å². The van der Waals surface area contributed by atoms with Crippen LogP contribution in [-0.2, 0) is 33.6 Å². The average molecular weight is 480 g/mol. The molecule has 4 rings (SSSR count). The maximum Gasteiger partial charge on any atom is 0.162 e. The summed E-state index contributed by atoms with van der Waals surface area (Å²) in [7, 11) is 0.498. The molecule has 34 heavy (non-hydrogen) atoms. The van der Waals surface area contributed by atoms with Crippen LogP contribution < -0.4 is 4.74 Å². The largest absolute Gasteiger partial charge is 0.493 e. The van der Waals surface area contributed by atoms with E-state index < -0.39 is 10.8 Å². The topological polar surface area (TPSA) is 75.5 Å². The van der Waals surface area contributed by atoms with E-state index in [1.165, 1.54) is 0 Å². The van der Waals surface area contributed by atoms with Crippen LogP contribution in [0.1, 0.15) is 17.5 Å². The Morgan fingerprint density at radius 1 is 1.03 bits per heavy atom. The normalized spacial score (nSPS) is 12.2. The second-order valence-corrected chi connectivity index (χ2v) is 9.23. The Morgan fingerprint density at radius 3 is 2.62 bits per heavy atom. The highest BCUT2D eigenvalue weighted by Gasteiger charge is 2.20. The summed E-state index contributed by atoms with van der Waals surface area (Å²) in [6.07, 6.45) is 4.18. The molecule has 1 unspecified atom stereocenters. The molecule has 0 saturated carbocycles. The van der Waals surface area contributed by atoms with Gasteiger partial charge in [-0.15, -0.1) is 0 Å². The van der Waals surface area contributed by atoms with E-state index in [1.54, 1.807) is 19.6 Å². The molecule has 7 nitrogen and oxygen atoms in total. The quantitative estimate of drug-likeness (QED) is 0.290. The number of aromatic nitrogens is 3. The van der Waals surface area contributed by atoms with Crippen molar-refractivity contribution in [3.8, 4) is 17.3 Å². The first-order valence-electron chi connectivity index (χ1n) is 11.1. The molecule has 0 aliphatic carbocycles. The number of fused-ring (bicyclic) bond motifs is 1. The Balaban J connectivity index is 1.72. The van der Waals surface area contributed by atoms with Gasteiger partial charge in [-0.3, -0.25) is 13.8 Å². The fourth-order valence-electron chi connectivity index (χ4n) is 3.78. The van der Waals surface area contributed by atoms with Gasteiger partial charge in [0, 0.05) is 38.2 Å². The number of hydrogen-bond donors (Lipinski definition) is 0. The lowest BCUT2D eigenvalue weighted by Gasteiger charge is -2.14. The number of imidazole rings is 1. The lowest BCUT2D eigenvalue weighted by molar-refractivity contribution is 0.0674. The monoisotopic (exact) mass is 479 g/mol. The molecule has 0 saturated heterocycles. The van der Waals surface area contributed by atoms with Gasteiger partial charge in [-0.05, 0) is 30.7 Å². The van der Waals surface area contributed by atoms with Crippen molar-refractivity contribution in [3.63, 3.8) is 0 Å². The molecule has 8 heteroatoms. The summed E-state index contributed by atoms with van der Waals surface area (Å²) in [5.74, 6) is 1.41. The van der Waals surface area contributed by atoms with Gasteiger partial charge in [0.15, 0.2) is 5.82 Å². The van der Waals surface area contributed by atoms with E-state index in [4.69, 9.17) is 19.2 Å². The molecule has 2 aromatic carbocycles. The number of nitrogens with zero attached hydrogens (tertiary/aromatic N) is 3. The smallest absolute Gasteiger partial charge is 0.162 e. The van der Waals surface area contributed by atoms with Crippen LogP contribution in [0.25, 0.3) is 22.6 Å². The molecule has 0 radical (unpaired) electrons. The molecule has 0 amide bonds. The molecule has 2 heterocycles. The van der Waals surface area contributed by atoms with Gasteiger partial charge in [0.05, 0.1) is 34.4 Å². The first-order valence-corrected chi connectivity index (χ1v) is 12.7. The predicted molar refractivity (Wildman–Crippen MR) is 133 cm³/mol. The fourth-order valence-corrected chi connectivity index (χ4v) is 4.47.